The van der Waals surface area contributed by atoms with Crippen molar-refractivity contribution in [3.8, 4) is 0 Å². The molecule has 0 aliphatic rings. The monoisotopic (exact) mass is 237 g/mol. The van der Waals surface area contributed by atoms with Crippen molar-refractivity contribution in [3.63, 3.8) is 0 Å². The first-order valence-corrected chi connectivity index (χ1v) is 5.76. The van der Waals surface area contributed by atoms with E-state index in [2.05, 4.69) is 9.97 Å². The summed E-state index contributed by atoms with van der Waals surface area (Å²) in [6.07, 6.45) is 4.46. The molecule has 16 heavy (non-hydrogen) atoms. The van der Waals surface area contributed by atoms with Gasteiger partial charge >= 0.3 is 5.97 Å². The Morgan fingerprint density at radius 1 is 1.62 bits per heavy atom. The van der Waals surface area contributed by atoms with Crippen molar-refractivity contribution in [2.45, 2.75) is 19.9 Å². The zero-order valence-corrected chi connectivity index (χ0v) is 9.57. The van der Waals surface area contributed by atoms with E-state index in [0.717, 1.165) is 29.3 Å². The van der Waals surface area contributed by atoms with Crippen molar-refractivity contribution < 1.29 is 9.90 Å². The quantitative estimate of drug-likeness (QED) is 0.877. The molecule has 0 saturated carbocycles. The molecule has 84 valence electrons. The first kappa shape index (κ1) is 10.8. The number of carbonyl (C=O) groups is 1. The van der Waals surface area contributed by atoms with Crippen LogP contribution in [0.5, 0.6) is 0 Å². The fraction of sp³-hybridized carbons (Fsp3) is 0.300. The predicted molar refractivity (Wildman–Crippen MR) is 59.8 cm³/mol. The number of imidazole rings is 1. The highest BCUT2D eigenvalue weighted by atomic mass is 32.1. The highest BCUT2D eigenvalue weighted by Crippen LogP contribution is 2.12. The standard InChI is InChI=1S/C10H11N3O2S/c1-2-8-11-3-4-13(8)5-7-6-16-9(12-7)10(14)15/h3-4,6H,2,5H2,1H3,(H,14,15). The van der Waals surface area contributed by atoms with Gasteiger partial charge in [-0.15, -0.1) is 11.3 Å². The van der Waals surface area contributed by atoms with Gasteiger partial charge in [-0.05, 0) is 0 Å². The molecule has 0 saturated heterocycles. The Balaban J connectivity index is 2.17. The number of carboxylic acid groups (broad SMARTS) is 1. The van der Waals surface area contributed by atoms with E-state index in [0.29, 0.717) is 6.54 Å². The van der Waals surface area contributed by atoms with Gasteiger partial charge in [0.1, 0.15) is 5.82 Å². The Labute approximate surface area is 96.4 Å². The number of aromatic carboxylic acids is 1. The summed E-state index contributed by atoms with van der Waals surface area (Å²) in [4.78, 5) is 18.9. The summed E-state index contributed by atoms with van der Waals surface area (Å²) in [7, 11) is 0. The average molecular weight is 237 g/mol. The molecule has 0 atom stereocenters. The van der Waals surface area contributed by atoms with Gasteiger partial charge in [-0.3, -0.25) is 0 Å². The van der Waals surface area contributed by atoms with Crippen molar-refractivity contribution in [2.75, 3.05) is 0 Å². The minimum Gasteiger partial charge on any atom is -0.476 e. The maximum atomic E-state index is 10.7. The van der Waals surface area contributed by atoms with Crippen molar-refractivity contribution in [1.82, 2.24) is 14.5 Å². The molecule has 1 N–H and O–H groups in total. The van der Waals surface area contributed by atoms with Crippen molar-refractivity contribution in [2.24, 2.45) is 0 Å². The van der Waals surface area contributed by atoms with Crippen LogP contribution in [0, 0.1) is 0 Å². The number of thiazole rings is 1. The third-order valence-electron chi connectivity index (χ3n) is 2.18. The first-order valence-electron chi connectivity index (χ1n) is 4.88. The summed E-state index contributed by atoms with van der Waals surface area (Å²) in [6, 6.07) is 0. The van der Waals surface area contributed by atoms with Crippen LogP contribution in [0.15, 0.2) is 17.8 Å². The smallest absolute Gasteiger partial charge is 0.365 e. The maximum Gasteiger partial charge on any atom is 0.365 e. The van der Waals surface area contributed by atoms with E-state index in [9.17, 15) is 4.79 Å². The zero-order chi connectivity index (χ0) is 11.5. The lowest BCUT2D eigenvalue weighted by Crippen LogP contribution is -2.04. The molecule has 0 unspecified atom stereocenters. The van der Waals surface area contributed by atoms with Crippen LogP contribution in [0.1, 0.15) is 28.2 Å². The molecular weight excluding hydrogens is 226 g/mol. The van der Waals surface area contributed by atoms with Crippen molar-refractivity contribution in [1.29, 1.82) is 0 Å². The number of carboxylic acids is 1. The topological polar surface area (TPSA) is 68.0 Å². The Kier molecular flexibility index (Phi) is 3.00. The lowest BCUT2D eigenvalue weighted by Gasteiger charge is -2.02. The first-order chi connectivity index (χ1) is 7.70. The van der Waals surface area contributed by atoms with E-state index >= 15 is 0 Å². The summed E-state index contributed by atoms with van der Waals surface area (Å²) < 4.78 is 1.97. The van der Waals surface area contributed by atoms with Crippen LogP contribution >= 0.6 is 11.3 Å². The molecule has 2 aromatic rings. The van der Waals surface area contributed by atoms with Gasteiger partial charge in [0, 0.05) is 24.2 Å². The Morgan fingerprint density at radius 2 is 2.44 bits per heavy atom. The van der Waals surface area contributed by atoms with Gasteiger partial charge in [-0.25, -0.2) is 14.8 Å². The zero-order valence-electron chi connectivity index (χ0n) is 8.75. The fourth-order valence-electron chi connectivity index (χ4n) is 1.45. The highest BCUT2D eigenvalue weighted by Gasteiger charge is 2.10. The SMILES string of the molecule is CCc1nccn1Cc1csc(C(=O)O)n1. The number of hydrogen-bond acceptors (Lipinski definition) is 4. The third-order valence-corrected chi connectivity index (χ3v) is 3.06. The van der Waals surface area contributed by atoms with Gasteiger partial charge in [0.15, 0.2) is 0 Å². The van der Waals surface area contributed by atoms with Gasteiger partial charge in [0.2, 0.25) is 5.01 Å². The van der Waals surface area contributed by atoms with E-state index in [-0.39, 0.29) is 5.01 Å². The number of nitrogens with zero attached hydrogens (tertiary/aromatic N) is 3. The van der Waals surface area contributed by atoms with Gasteiger partial charge in [0.25, 0.3) is 0 Å². The van der Waals surface area contributed by atoms with Gasteiger partial charge in [-0.1, -0.05) is 6.92 Å². The lowest BCUT2D eigenvalue weighted by atomic mass is 10.4. The molecule has 2 rings (SSSR count). The minimum atomic E-state index is -0.974. The molecule has 5 nitrogen and oxygen atoms in total. The van der Waals surface area contributed by atoms with Crippen LogP contribution in [-0.2, 0) is 13.0 Å². The summed E-state index contributed by atoms with van der Waals surface area (Å²) in [6.45, 7) is 2.61. The van der Waals surface area contributed by atoms with Crippen molar-refractivity contribution >= 4 is 17.3 Å². The van der Waals surface area contributed by atoms with E-state index < -0.39 is 5.97 Å². The van der Waals surface area contributed by atoms with Crippen LogP contribution < -0.4 is 0 Å². The molecule has 2 heterocycles. The van der Waals surface area contributed by atoms with Crippen LogP contribution in [0.2, 0.25) is 0 Å². The van der Waals surface area contributed by atoms with Crippen LogP contribution in [0.25, 0.3) is 0 Å². The minimum absolute atomic E-state index is 0.133. The second-order valence-electron chi connectivity index (χ2n) is 3.27. The number of aromatic nitrogens is 3. The van der Waals surface area contributed by atoms with E-state index in [1.165, 1.54) is 0 Å². The molecule has 0 aliphatic heterocycles. The van der Waals surface area contributed by atoms with E-state index in [1.807, 2.05) is 17.7 Å². The average Bonchev–Trinajstić information content (AvgIpc) is 2.87. The Bertz CT molecular complexity index is 504. The molecule has 0 aromatic carbocycles. The van der Waals surface area contributed by atoms with Crippen molar-refractivity contribution in [3.05, 3.63) is 34.3 Å². The van der Waals surface area contributed by atoms with Gasteiger partial charge < -0.3 is 9.67 Å². The van der Waals surface area contributed by atoms with Crippen LogP contribution in [0.3, 0.4) is 0 Å². The number of aryl methyl sites for hydroxylation is 1. The summed E-state index contributed by atoms with van der Waals surface area (Å²) in [5, 5.41) is 10.7. The molecule has 0 spiro atoms. The second kappa shape index (κ2) is 4.44. The molecule has 6 heteroatoms. The van der Waals surface area contributed by atoms with Gasteiger partial charge in [-0.2, -0.15) is 0 Å². The third kappa shape index (κ3) is 2.11. The molecule has 0 aliphatic carbocycles. The Hall–Kier alpha value is -1.69. The predicted octanol–water partition coefficient (Wildman–Crippen LogP) is 1.65. The molecule has 0 bridgehead atoms. The van der Waals surface area contributed by atoms with Crippen LogP contribution in [0.4, 0.5) is 0 Å². The lowest BCUT2D eigenvalue weighted by molar-refractivity contribution is 0.0696. The van der Waals surface area contributed by atoms with Crippen LogP contribution in [-0.4, -0.2) is 25.6 Å². The largest absolute Gasteiger partial charge is 0.476 e. The summed E-state index contributed by atoms with van der Waals surface area (Å²) in [5.74, 6) is 0.00229. The molecule has 0 radical (unpaired) electrons. The van der Waals surface area contributed by atoms with E-state index in [1.54, 1.807) is 11.6 Å². The summed E-state index contributed by atoms with van der Waals surface area (Å²) >= 11 is 1.15. The second-order valence-corrected chi connectivity index (χ2v) is 4.13. The summed E-state index contributed by atoms with van der Waals surface area (Å²) in [5.41, 5.74) is 0.759. The normalized spacial score (nSPS) is 10.6. The highest BCUT2D eigenvalue weighted by molar-refractivity contribution is 7.11. The molecule has 0 fully saturated rings. The fourth-order valence-corrected chi connectivity index (χ4v) is 2.10. The molecule has 2 aromatic heterocycles. The Morgan fingerprint density at radius 3 is 3.06 bits per heavy atom. The number of hydrogen-bond donors (Lipinski definition) is 1. The van der Waals surface area contributed by atoms with E-state index in [4.69, 9.17) is 5.11 Å². The molecule has 0 amide bonds. The molecular formula is C10H11N3O2S. The number of rotatable bonds is 4. The van der Waals surface area contributed by atoms with Gasteiger partial charge in [0.05, 0.1) is 12.2 Å². The maximum absolute atomic E-state index is 10.7.